The summed E-state index contributed by atoms with van der Waals surface area (Å²) in [5.74, 6) is -0.144. The molecule has 2 rings (SSSR count). The molecule has 26 heavy (non-hydrogen) atoms. The number of hydrogen-bond donors (Lipinski definition) is 1. The Kier molecular flexibility index (Phi) is 8.70. The van der Waals surface area contributed by atoms with Crippen molar-refractivity contribution in [2.24, 2.45) is 0 Å². The highest BCUT2D eigenvalue weighted by molar-refractivity contribution is 5.72. The molecule has 0 spiro atoms. The minimum atomic E-state index is -0.912. The maximum Gasteiger partial charge on any atom is 0.333 e. The number of carboxylic acid groups (broad SMARTS) is 1. The van der Waals surface area contributed by atoms with Crippen molar-refractivity contribution in [3.05, 3.63) is 65.7 Å². The molecule has 0 aliphatic carbocycles. The van der Waals surface area contributed by atoms with Gasteiger partial charge in [0.05, 0.1) is 0 Å². The molecule has 2 aromatic carbocycles. The molecule has 0 heterocycles. The van der Waals surface area contributed by atoms with Gasteiger partial charge >= 0.3 is 5.97 Å². The van der Waals surface area contributed by atoms with Crippen LogP contribution in [0.3, 0.4) is 0 Å². The van der Waals surface area contributed by atoms with Gasteiger partial charge < -0.3 is 14.6 Å². The van der Waals surface area contributed by atoms with Gasteiger partial charge in [0.1, 0.15) is 12.4 Å². The second-order valence-corrected chi connectivity index (χ2v) is 6.38. The van der Waals surface area contributed by atoms with E-state index in [0.717, 1.165) is 42.6 Å². The maximum atomic E-state index is 11.4. The maximum absolute atomic E-state index is 11.4. The number of rotatable bonds is 12. The van der Waals surface area contributed by atoms with Crippen molar-refractivity contribution < 1.29 is 19.4 Å². The van der Waals surface area contributed by atoms with E-state index in [1.54, 1.807) is 0 Å². The molecule has 0 aliphatic heterocycles. The highest BCUT2D eigenvalue weighted by atomic mass is 16.5. The largest absolute Gasteiger partial charge is 0.489 e. The van der Waals surface area contributed by atoms with Gasteiger partial charge in [-0.15, -0.1) is 0 Å². The monoisotopic (exact) mass is 356 g/mol. The zero-order chi connectivity index (χ0) is 18.6. The van der Waals surface area contributed by atoms with Crippen LogP contribution in [0.25, 0.3) is 0 Å². The van der Waals surface area contributed by atoms with E-state index in [0.29, 0.717) is 19.6 Å². The first-order chi connectivity index (χ1) is 12.7. The Hall–Kier alpha value is -2.33. The Bertz CT molecular complexity index is 637. The standard InChI is InChI=1S/C22H28O4/c1-2-3-4-8-15-25-21(22(23)24)16-18-11-13-20(14-12-18)26-17-19-9-6-5-7-10-19/h5-7,9-14,21H,2-4,8,15-17H2,1H3,(H,23,24). The topological polar surface area (TPSA) is 55.8 Å². The molecular formula is C22H28O4. The lowest BCUT2D eigenvalue weighted by Gasteiger charge is -2.14. The van der Waals surface area contributed by atoms with Crippen molar-refractivity contribution in [3.63, 3.8) is 0 Å². The van der Waals surface area contributed by atoms with Crippen molar-refractivity contribution in [1.29, 1.82) is 0 Å². The average Bonchev–Trinajstić information content (AvgIpc) is 2.67. The molecule has 1 atom stereocenters. The lowest BCUT2D eigenvalue weighted by Crippen LogP contribution is -2.26. The highest BCUT2D eigenvalue weighted by Crippen LogP contribution is 2.16. The number of ether oxygens (including phenoxy) is 2. The van der Waals surface area contributed by atoms with E-state index in [1.165, 1.54) is 0 Å². The van der Waals surface area contributed by atoms with E-state index < -0.39 is 12.1 Å². The average molecular weight is 356 g/mol. The van der Waals surface area contributed by atoms with Gasteiger partial charge in [-0.05, 0) is 29.7 Å². The third-order valence-electron chi connectivity index (χ3n) is 4.19. The quantitative estimate of drug-likeness (QED) is 0.552. The number of carbonyl (C=O) groups is 1. The first kappa shape index (κ1) is 20.0. The second-order valence-electron chi connectivity index (χ2n) is 6.38. The number of aliphatic carboxylic acids is 1. The zero-order valence-corrected chi connectivity index (χ0v) is 15.4. The third kappa shape index (κ3) is 7.28. The first-order valence-electron chi connectivity index (χ1n) is 9.29. The van der Waals surface area contributed by atoms with Gasteiger partial charge in [-0.2, -0.15) is 0 Å². The lowest BCUT2D eigenvalue weighted by atomic mass is 10.1. The summed E-state index contributed by atoms with van der Waals surface area (Å²) >= 11 is 0. The van der Waals surface area contributed by atoms with Crippen LogP contribution in [-0.2, 0) is 22.6 Å². The minimum Gasteiger partial charge on any atom is -0.489 e. The normalized spacial score (nSPS) is 11.9. The Morgan fingerprint density at radius 3 is 2.35 bits per heavy atom. The Morgan fingerprint density at radius 2 is 1.69 bits per heavy atom. The molecule has 0 radical (unpaired) electrons. The Morgan fingerprint density at radius 1 is 0.962 bits per heavy atom. The van der Waals surface area contributed by atoms with Gasteiger partial charge in [0.25, 0.3) is 0 Å². The van der Waals surface area contributed by atoms with Crippen LogP contribution in [0.2, 0.25) is 0 Å². The van der Waals surface area contributed by atoms with Gasteiger partial charge in [-0.25, -0.2) is 4.79 Å². The summed E-state index contributed by atoms with van der Waals surface area (Å²) in [4.78, 5) is 11.4. The zero-order valence-electron chi connectivity index (χ0n) is 15.4. The van der Waals surface area contributed by atoms with Crippen molar-refractivity contribution in [1.82, 2.24) is 0 Å². The summed E-state index contributed by atoms with van der Waals surface area (Å²) in [5.41, 5.74) is 2.04. The summed E-state index contributed by atoms with van der Waals surface area (Å²) in [6, 6.07) is 17.5. The molecule has 0 aliphatic rings. The molecule has 0 saturated carbocycles. The van der Waals surface area contributed by atoms with Crippen LogP contribution in [0.1, 0.15) is 43.7 Å². The molecular weight excluding hydrogens is 328 g/mol. The van der Waals surface area contributed by atoms with Crippen LogP contribution in [0, 0.1) is 0 Å². The number of carboxylic acids is 1. The van der Waals surface area contributed by atoms with Gasteiger partial charge in [-0.3, -0.25) is 0 Å². The van der Waals surface area contributed by atoms with Crippen LogP contribution in [0.4, 0.5) is 0 Å². The predicted molar refractivity (Wildman–Crippen MR) is 102 cm³/mol. The van der Waals surface area contributed by atoms with Crippen LogP contribution in [0.5, 0.6) is 5.75 Å². The molecule has 1 unspecified atom stereocenters. The van der Waals surface area contributed by atoms with Gasteiger partial charge in [0, 0.05) is 13.0 Å². The fourth-order valence-corrected chi connectivity index (χ4v) is 2.65. The van der Waals surface area contributed by atoms with Crippen LogP contribution < -0.4 is 4.74 Å². The SMILES string of the molecule is CCCCCCOC(Cc1ccc(OCc2ccccc2)cc1)C(=O)O. The van der Waals surface area contributed by atoms with Crippen molar-refractivity contribution >= 4 is 5.97 Å². The fraction of sp³-hybridized carbons (Fsp3) is 0.409. The summed E-state index contributed by atoms with van der Waals surface area (Å²) in [6.45, 7) is 3.15. The predicted octanol–water partition coefficient (Wildman–Crippen LogP) is 4.86. The molecule has 140 valence electrons. The summed E-state index contributed by atoms with van der Waals surface area (Å²) < 4.78 is 11.3. The summed E-state index contributed by atoms with van der Waals surface area (Å²) in [6.07, 6.45) is 3.86. The van der Waals surface area contributed by atoms with Gasteiger partial charge in [0.15, 0.2) is 6.10 Å². The van der Waals surface area contributed by atoms with Gasteiger partial charge in [-0.1, -0.05) is 68.7 Å². The number of unbranched alkanes of at least 4 members (excludes halogenated alkanes) is 3. The first-order valence-corrected chi connectivity index (χ1v) is 9.29. The smallest absolute Gasteiger partial charge is 0.333 e. The molecule has 0 saturated heterocycles. The Balaban J connectivity index is 1.80. The van der Waals surface area contributed by atoms with Crippen LogP contribution >= 0.6 is 0 Å². The molecule has 0 aromatic heterocycles. The van der Waals surface area contributed by atoms with E-state index >= 15 is 0 Å². The molecule has 0 bridgehead atoms. The van der Waals surface area contributed by atoms with Crippen molar-refractivity contribution in [2.75, 3.05) is 6.61 Å². The van der Waals surface area contributed by atoms with E-state index in [-0.39, 0.29) is 0 Å². The molecule has 2 aromatic rings. The summed E-state index contributed by atoms with van der Waals surface area (Å²) in [7, 11) is 0. The van der Waals surface area contributed by atoms with Crippen LogP contribution in [-0.4, -0.2) is 23.8 Å². The number of hydrogen-bond acceptors (Lipinski definition) is 3. The Labute approximate surface area is 155 Å². The fourth-order valence-electron chi connectivity index (χ4n) is 2.65. The van der Waals surface area contributed by atoms with Crippen molar-refractivity contribution in [2.45, 2.75) is 51.7 Å². The summed E-state index contributed by atoms with van der Waals surface area (Å²) in [5, 5.41) is 9.35. The molecule has 1 N–H and O–H groups in total. The molecule has 0 fully saturated rings. The molecule has 0 amide bonds. The highest BCUT2D eigenvalue weighted by Gasteiger charge is 2.18. The minimum absolute atomic E-state index is 0.363. The molecule has 4 nitrogen and oxygen atoms in total. The van der Waals surface area contributed by atoms with E-state index in [2.05, 4.69) is 6.92 Å². The van der Waals surface area contributed by atoms with E-state index in [4.69, 9.17) is 9.47 Å². The lowest BCUT2D eigenvalue weighted by molar-refractivity contribution is -0.150. The van der Waals surface area contributed by atoms with E-state index in [1.807, 2.05) is 54.6 Å². The molecule has 4 heteroatoms. The second kappa shape index (κ2) is 11.3. The van der Waals surface area contributed by atoms with Crippen molar-refractivity contribution in [3.8, 4) is 5.75 Å². The van der Waals surface area contributed by atoms with Crippen LogP contribution in [0.15, 0.2) is 54.6 Å². The third-order valence-corrected chi connectivity index (χ3v) is 4.19. The number of benzene rings is 2. The van der Waals surface area contributed by atoms with Gasteiger partial charge in [0.2, 0.25) is 0 Å². The van der Waals surface area contributed by atoms with E-state index in [9.17, 15) is 9.90 Å².